The molecule has 2 N–H and O–H groups in total. The van der Waals surface area contributed by atoms with E-state index in [-0.39, 0.29) is 11.6 Å². The Morgan fingerprint density at radius 1 is 1.24 bits per heavy atom. The number of nitrogens with one attached hydrogen (secondary N) is 1. The number of aliphatic hydroxyl groups excluding tert-OH is 1. The third-order valence-electron chi connectivity index (χ3n) is 2.79. The molecule has 1 aromatic heterocycles. The van der Waals surface area contributed by atoms with Gasteiger partial charge >= 0.3 is 0 Å². The van der Waals surface area contributed by atoms with Gasteiger partial charge in [-0.05, 0) is 35.4 Å². The third-order valence-corrected chi connectivity index (χ3v) is 4.10. The van der Waals surface area contributed by atoms with E-state index < -0.39 is 5.82 Å². The van der Waals surface area contributed by atoms with Crippen molar-refractivity contribution in [2.75, 3.05) is 17.7 Å². The van der Waals surface area contributed by atoms with E-state index in [0.29, 0.717) is 6.54 Å². The Kier molecular flexibility index (Phi) is 6.29. The van der Waals surface area contributed by atoms with Crippen LogP contribution in [-0.2, 0) is 12.3 Å². The molecular formula is C15H16ClFN2OS. The van der Waals surface area contributed by atoms with Crippen molar-refractivity contribution in [3.8, 4) is 0 Å². The Hall–Kier alpha value is -1.30. The topological polar surface area (TPSA) is 45.2 Å². The van der Waals surface area contributed by atoms with Gasteiger partial charge in [0.15, 0.2) is 0 Å². The van der Waals surface area contributed by atoms with Crippen molar-refractivity contribution in [3.63, 3.8) is 0 Å². The van der Waals surface area contributed by atoms with Crippen LogP contribution in [0.5, 0.6) is 0 Å². The monoisotopic (exact) mass is 326 g/mol. The maximum absolute atomic E-state index is 13.3. The molecule has 0 fully saturated rings. The number of benzene rings is 1. The number of hydrogen-bond acceptors (Lipinski definition) is 4. The van der Waals surface area contributed by atoms with Crippen molar-refractivity contribution < 1.29 is 9.50 Å². The van der Waals surface area contributed by atoms with Crippen LogP contribution >= 0.6 is 23.4 Å². The number of aromatic nitrogens is 1. The van der Waals surface area contributed by atoms with E-state index in [1.165, 1.54) is 6.07 Å². The zero-order valence-electron chi connectivity index (χ0n) is 11.4. The first-order valence-corrected chi connectivity index (χ1v) is 8.03. The molecule has 0 unspecified atom stereocenters. The van der Waals surface area contributed by atoms with Gasteiger partial charge in [0.2, 0.25) is 0 Å². The maximum Gasteiger partial charge on any atom is 0.142 e. The predicted octanol–water partition coefficient (Wildman–Crippen LogP) is 3.71. The summed E-state index contributed by atoms with van der Waals surface area (Å²) in [4.78, 5) is 4.23. The molecule has 0 atom stereocenters. The molecule has 21 heavy (non-hydrogen) atoms. The van der Waals surface area contributed by atoms with Crippen molar-refractivity contribution in [3.05, 3.63) is 58.5 Å². The molecule has 112 valence electrons. The maximum atomic E-state index is 13.3. The molecule has 0 radical (unpaired) electrons. The molecular weight excluding hydrogens is 311 g/mol. The molecule has 0 saturated heterocycles. The van der Waals surface area contributed by atoms with Gasteiger partial charge in [-0.15, -0.1) is 0 Å². The second kappa shape index (κ2) is 8.22. The van der Waals surface area contributed by atoms with Crippen LogP contribution < -0.4 is 5.32 Å². The number of hydrogen-bond donors (Lipinski definition) is 2. The molecule has 0 amide bonds. The fourth-order valence-electron chi connectivity index (χ4n) is 1.76. The molecule has 0 aliphatic rings. The van der Waals surface area contributed by atoms with Crippen LogP contribution in [0.3, 0.4) is 0 Å². The highest BCUT2D eigenvalue weighted by Gasteiger charge is 2.02. The van der Waals surface area contributed by atoms with Crippen LogP contribution in [0.15, 0.2) is 36.5 Å². The summed E-state index contributed by atoms with van der Waals surface area (Å²) in [5.74, 6) is 1.87. The summed E-state index contributed by atoms with van der Waals surface area (Å²) < 4.78 is 13.3. The summed E-state index contributed by atoms with van der Waals surface area (Å²) in [6.45, 7) is 0.664. The van der Waals surface area contributed by atoms with E-state index in [0.717, 1.165) is 28.5 Å². The first-order valence-electron chi connectivity index (χ1n) is 6.50. The van der Waals surface area contributed by atoms with Gasteiger partial charge in [0.1, 0.15) is 11.6 Å². The summed E-state index contributed by atoms with van der Waals surface area (Å²) in [6, 6.07) is 8.63. The Bertz CT molecular complexity index is 598. The lowest BCUT2D eigenvalue weighted by atomic mass is 10.2. The summed E-state index contributed by atoms with van der Waals surface area (Å²) in [6.07, 6.45) is 1.74. The standard InChI is InChI=1S/C15H16ClFN2OS/c16-13-2-1-11(7-14(13)17)9-19-15-8-12(3-4-18-15)10-21-6-5-20/h1-4,7-8,20H,5-6,9-10H2,(H,18,19). The van der Waals surface area contributed by atoms with Crippen molar-refractivity contribution in [1.29, 1.82) is 0 Å². The first kappa shape index (κ1) is 16.1. The van der Waals surface area contributed by atoms with Gasteiger partial charge in [0, 0.05) is 24.2 Å². The number of pyridine rings is 1. The Morgan fingerprint density at radius 3 is 2.86 bits per heavy atom. The number of halogens is 2. The molecule has 0 aliphatic carbocycles. The van der Waals surface area contributed by atoms with Crippen LogP contribution in [-0.4, -0.2) is 22.5 Å². The smallest absolute Gasteiger partial charge is 0.142 e. The summed E-state index contributed by atoms with van der Waals surface area (Å²) in [5, 5.41) is 12.0. The second-order valence-corrected chi connectivity index (χ2v) is 5.94. The summed E-state index contributed by atoms with van der Waals surface area (Å²) >= 11 is 7.31. The summed E-state index contributed by atoms with van der Waals surface area (Å²) in [7, 11) is 0. The van der Waals surface area contributed by atoms with E-state index in [1.807, 2.05) is 12.1 Å². The van der Waals surface area contributed by atoms with Gasteiger partial charge in [-0.2, -0.15) is 11.8 Å². The Morgan fingerprint density at radius 2 is 2.10 bits per heavy atom. The highest BCUT2D eigenvalue weighted by atomic mass is 35.5. The van der Waals surface area contributed by atoms with Gasteiger partial charge < -0.3 is 10.4 Å². The van der Waals surface area contributed by atoms with E-state index in [9.17, 15) is 4.39 Å². The average molecular weight is 327 g/mol. The number of nitrogens with zero attached hydrogens (tertiary/aromatic N) is 1. The minimum atomic E-state index is -0.418. The molecule has 2 rings (SSSR count). The zero-order valence-corrected chi connectivity index (χ0v) is 12.9. The minimum Gasteiger partial charge on any atom is -0.396 e. The Labute approximate surface area is 132 Å². The average Bonchev–Trinajstić information content (AvgIpc) is 2.49. The molecule has 6 heteroatoms. The summed E-state index contributed by atoms with van der Waals surface area (Å²) in [5.41, 5.74) is 1.94. The lowest BCUT2D eigenvalue weighted by molar-refractivity contribution is 0.322. The Balaban J connectivity index is 1.93. The zero-order chi connectivity index (χ0) is 15.1. The van der Waals surface area contributed by atoms with Gasteiger partial charge in [-0.1, -0.05) is 17.7 Å². The van der Waals surface area contributed by atoms with Gasteiger partial charge in [0.25, 0.3) is 0 Å². The van der Waals surface area contributed by atoms with E-state index in [4.69, 9.17) is 16.7 Å². The number of rotatable bonds is 7. The minimum absolute atomic E-state index is 0.125. The van der Waals surface area contributed by atoms with E-state index >= 15 is 0 Å². The molecule has 2 aromatic rings. The van der Waals surface area contributed by atoms with Crippen LogP contribution in [0, 0.1) is 5.82 Å². The van der Waals surface area contributed by atoms with Gasteiger partial charge in [-0.3, -0.25) is 0 Å². The third kappa shape index (κ3) is 5.19. The van der Waals surface area contributed by atoms with Crippen molar-refractivity contribution in [1.82, 2.24) is 4.98 Å². The van der Waals surface area contributed by atoms with Crippen LogP contribution in [0.25, 0.3) is 0 Å². The number of thioether (sulfide) groups is 1. The normalized spacial score (nSPS) is 10.6. The lowest BCUT2D eigenvalue weighted by Crippen LogP contribution is -2.02. The number of aliphatic hydroxyl groups is 1. The van der Waals surface area contributed by atoms with Crippen LogP contribution in [0.1, 0.15) is 11.1 Å². The molecule has 0 saturated carbocycles. The van der Waals surface area contributed by atoms with E-state index in [1.54, 1.807) is 30.1 Å². The fourth-order valence-corrected chi connectivity index (χ4v) is 2.56. The quantitative estimate of drug-likeness (QED) is 0.761. The molecule has 3 nitrogen and oxygen atoms in total. The van der Waals surface area contributed by atoms with Crippen molar-refractivity contribution in [2.45, 2.75) is 12.3 Å². The molecule has 0 spiro atoms. The lowest BCUT2D eigenvalue weighted by Gasteiger charge is -2.08. The predicted molar refractivity (Wildman–Crippen MR) is 86.2 cm³/mol. The van der Waals surface area contributed by atoms with Gasteiger partial charge in [0.05, 0.1) is 11.6 Å². The van der Waals surface area contributed by atoms with Crippen molar-refractivity contribution >= 4 is 29.2 Å². The van der Waals surface area contributed by atoms with Gasteiger partial charge in [-0.25, -0.2) is 9.37 Å². The van der Waals surface area contributed by atoms with Crippen LogP contribution in [0.2, 0.25) is 5.02 Å². The van der Waals surface area contributed by atoms with Crippen molar-refractivity contribution in [2.24, 2.45) is 0 Å². The molecule has 0 bridgehead atoms. The second-order valence-electron chi connectivity index (χ2n) is 4.43. The number of anilines is 1. The van der Waals surface area contributed by atoms with Crippen LogP contribution in [0.4, 0.5) is 10.2 Å². The first-order chi connectivity index (χ1) is 10.2. The highest BCUT2D eigenvalue weighted by molar-refractivity contribution is 7.98. The molecule has 1 heterocycles. The molecule has 0 aliphatic heterocycles. The largest absolute Gasteiger partial charge is 0.396 e. The highest BCUT2D eigenvalue weighted by Crippen LogP contribution is 2.17. The fraction of sp³-hybridized carbons (Fsp3) is 0.267. The SMILES string of the molecule is OCCSCc1ccnc(NCc2ccc(Cl)c(F)c2)c1. The molecule has 1 aromatic carbocycles. The van der Waals surface area contributed by atoms with E-state index in [2.05, 4.69) is 10.3 Å².